The predicted molar refractivity (Wildman–Crippen MR) is 59.2 cm³/mol. The first-order valence-electron chi connectivity index (χ1n) is 4.92. The number of halogens is 1. The summed E-state index contributed by atoms with van der Waals surface area (Å²) in [5, 5.41) is 9.57. The SMILES string of the molecule is C=CCC[C@@H](N)c1c(C)ccc(F)c1O. The second-order valence-corrected chi connectivity index (χ2v) is 3.60. The molecule has 0 saturated carbocycles. The van der Waals surface area contributed by atoms with Crippen molar-refractivity contribution in [3.63, 3.8) is 0 Å². The summed E-state index contributed by atoms with van der Waals surface area (Å²) in [4.78, 5) is 0. The Bertz CT molecular complexity index is 363. The molecule has 0 fully saturated rings. The summed E-state index contributed by atoms with van der Waals surface area (Å²) in [6, 6.07) is 2.52. The first kappa shape index (κ1) is 11.7. The predicted octanol–water partition coefficient (Wildman–Crippen LogP) is 2.81. The van der Waals surface area contributed by atoms with Crippen LogP contribution >= 0.6 is 0 Å². The van der Waals surface area contributed by atoms with Crippen LogP contribution in [-0.2, 0) is 0 Å². The number of hydrogen-bond donors (Lipinski definition) is 2. The van der Waals surface area contributed by atoms with E-state index in [-0.39, 0.29) is 11.8 Å². The van der Waals surface area contributed by atoms with E-state index in [1.807, 2.05) is 6.92 Å². The van der Waals surface area contributed by atoms with Crippen LogP contribution in [0.1, 0.15) is 30.0 Å². The van der Waals surface area contributed by atoms with Gasteiger partial charge in [-0.15, -0.1) is 6.58 Å². The molecule has 0 bridgehead atoms. The molecule has 15 heavy (non-hydrogen) atoms. The molecular weight excluding hydrogens is 193 g/mol. The average molecular weight is 209 g/mol. The molecule has 0 aliphatic carbocycles. The van der Waals surface area contributed by atoms with E-state index < -0.39 is 5.82 Å². The Morgan fingerprint density at radius 3 is 2.87 bits per heavy atom. The van der Waals surface area contributed by atoms with Gasteiger partial charge in [-0.2, -0.15) is 0 Å². The van der Waals surface area contributed by atoms with Crippen molar-refractivity contribution in [3.8, 4) is 5.75 Å². The molecule has 0 spiro atoms. The van der Waals surface area contributed by atoms with Crippen LogP contribution < -0.4 is 5.73 Å². The van der Waals surface area contributed by atoms with Crippen molar-refractivity contribution < 1.29 is 9.50 Å². The van der Waals surface area contributed by atoms with Gasteiger partial charge in [-0.1, -0.05) is 12.1 Å². The summed E-state index contributed by atoms with van der Waals surface area (Å²) in [5.74, 6) is -0.948. The van der Waals surface area contributed by atoms with Crippen LogP contribution in [0.15, 0.2) is 24.8 Å². The molecule has 0 aliphatic heterocycles. The average Bonchev–Trinajstić information content (AvgIpc) is 2.21. The molecule has 82 valence electrons. The van der Waals surface area contributed by atoms with Gasteiger partial charge in [0.25, 0.3) is 0 Å². The van der Waals surface area contributed by atoms with E-state index in [9.17, 15) is 9.50 Å². The molecule has 0 aliphatic rings. The summed E-state index contributed by atoms with van der Waals surface area (Å²) in [7, 11) is 0. The van der Waals surface area contributed by atoms with Crippen LogP contribution in [0.2, 0.25) is 0 Å². The highest BCUT2D eigenvalue weighted by molar-refractivity contribution is 5.41. The van der Waals surface area contributed by atoms with Crippen LogP contribution in [-0.4, -0.2) is 5.11 Å². The zero-order valence-corrected chi connectivity index (χ0v) is 8.83. The van der Waals surface area contributed by atoms with Crippen molar-refractivity contribution in [3.05, 3.63) is 41.7 Å². The standard InChI is InChI=1S/C12H16FNO/c1-3-4-5-10(14)11-8(2)6-7-9(13)12(11)15/h3,6-7,10,15H,1,4-5,14H2,2H3/t10-/m1/s1. The van der Waals surface area contributed by atoms with Gasteiger partial charge >= 0.3 is 0 Å². The minimum Gasteiger partial charge on any atom is -0.505 e. The molecule has 3 N–H and O–H groups in total. The van der Waals surface area contributed by atoms with Crippen LogP contribution in [0.25, 0.3) is 0 Å². The smallest absolute Gasteiger partial charge is 0.165 e. The van der Waals surface area contributed by atoms with E-state index in [2.05, 4.69) is 6.58 Å². The van der Waals surface area contributed by atoms with Gasteiger partial charge < -0.3 is 10.8 Å². The lowest BCUT2D eigenvalue weighted by Crippen LogP contribution is -2.12. The molecule has 0 saturated heterocycles. The molecule has 0 unspecified atom stereocenters. The molecule has 2 nitrogen and oxygen atoms in total. The van der Waals surface area contributed by atoms with E-state index in [4.69, 9.17) is 5.73 Å². The highest BCUT2D eigenvalue weighted by atomic mass is 19.1. The van der Waals surface area contributed by atoms with Gasteiger partial charge in [-0.25, -0.2) is 4.39 Å². The van der Waals surface area contributed by atoms with Gasteiger partial charge in [-0.3, -0.25) is 0 Å². The Hall–Kier alpha value is -1.35. The van der Waals surface area contributed by atoms with E-state index in [0.29, 0.717) is 12.0 Å². The first-order chi connectivity index (χ1) is 7.07. The highest BCUT2D eigenvalue weighted by Crippen LogP contribution is 2.31. The zero-order chi connectivity index (χ0) is 11.4. The Kier molecular flexibility index (Phi) is 3.86. The lowest BCUT2D eigenvalue weighted by atomic mass is 9.97. The molecule has 3 heteroatoms. The third-order valence-corrected chi connectivity index (χ3v) is 2.44. The summed E-state index contributed by atoms with van der Waals surface area (Å²) < 4.78 is 13.1. The van der Waals surface area contributed by atoms with Crippen molar-refractivity contribution in [2.24, 2.45) is 5.73 Å². The van der Waals surface area contributed by atoms with Crippen molar-refractivity contribution in [1.82, 2.24) is 0 Å². The first-order valence-corrected chi connectivity index (χ1v) is 4.92. The summed E-state index contributed by atoms with van der Waals surface area (Å²) in [6.45, 7) is 5.40. The van der Waals surface area contributed by atoms with Crippen molar-refractivity contribution >= 4 is 0 Å². The van der Waals surface area contributed by atoms with Crippen LogP contribution in [0.4, 0.5) is 4.39 Å². The van der Waals surface area contributed by atoms with Gasteiger partial charge in [0, 0.05) is 11.6 Å². The zero-order valence-electron chi connectivity index (χ0n) is 8.83. The summed E-state index contributed by atoms with van der Waals surface area (Å²) >= 11 is 0. The van der Waals surface area contributed by atoms with Gasteiger partial charge in [0.05, 0.1) is 0 Å². The number of hydrogen-bond acceptors (Lipinski definition) is 2. The highest BCUT2D eigenvalue weighted by Gasteiger charge is 2.16. The second kappa shape index (κ2) is 4.94. The van der Waals surface area contributed by atoms with E-state index in [1.165, 1.54) is 6.07 Å². The topological polar surface area (TPSA) is 46.2 Å². The molecule has 1 aromatic carbocycles. The third-order valence-electron chi connectivity index (χ3n) is 2.44. The number of phenols is 1. The number of aromatic hydroxyl groups is 1. The second-order valence-electron chi connectivity index (χ2n) is 3.60. The number of phenolic OH excluding ortho intramolecular Hbond substituents is 1. The maximum Gasteiger partial charge on any atom is 0.165 e. The summed E-state index contributed by atoms with van der Waals surface area (Å²) in [6.07, 6.45) is 3.16. The van der Waals surface area contributed by atoms with E-state index in [1.54, 1.807) is 12.1 Å². The maximum atomic E-state index is 13.1. The van der Waals surface area contributed by atoms with E-state index >= 15 is 0 Å². The Labute approximate surface area is 89.2 Å². The molecule has 1 rings (SSSR count). The fourth-order valence-corrected chi connectivity index (χ4v) is 1.59. The monoisotopic (exact) mass is 209 g/mol. The number of benzene rings is 1. The van der Waals surface area contributed by atoms with Crippen LogP contribution in [0.3, 0.4) is 0 Å². The lowest BCUT2D eigenvalue weighted by Gasteiger charge is -2.15. The molecule has 0 heterocycles. The maximum absolute atomic E-state index is 13.1. The number of allylic oxidation sites excluding steroid dienone is 1. The van der Waals surface area contributed by atoms with Gasteiger partial charge in [0.2, 0.25) is 0 Å². The number of nitrogens with two attached hydrogens (primary N) is 1. The lowest BCUT2D eigenvalue weighted by molar-refractivity contribution is 0.418. The molecule has 1 atom stereocenters. The van der Waals surface area contributed by atoms with E-state index in [0.717, 1.165) is 12.0 Å². The van der Waals surface area contributed by atoms with Crippen molar-refractivity contribution in [2.45, 2.75) is 25.8 Å². The minimum atomic E-state index is -0.621. The quantitative estimate of drug-likeness (QED) is 0.749. The Balaban J connectivity index is 3.01. The fourth-order valence-electron chi connectivity index (χ4n) is 1.59. The third kappa shape index (κ3) is 2.57. The summed E-state index contributed by atoms with van der Waals surface area (Å²) in [5.41, 5.74) is 7.18. The van der Waals surface area contributed by atoms with Gasteiger partial charge in [0.1, 0.15) is 0 Å². The van der Waals surface area contributed by atoms with Crippen molar-refractivity contribution in [2.75, 3.05) is 0 Å². The normalized spacial score (nSPS) is 12.5. The molecule has 0 aromatic heterocycles. The van der Waals surface area contributed by atoms with Gasteiger partial charge in [-0.05, 0) is 31.4 Å². The molecule has 0 radical (unpaired) electrons. The molecule has 1 aromatic rings. The van der Waals surface area contributed by atoms with Crippen molar-refractivity contribution in [1.29, 1.82) is 0 Å². The minimum absolute atomic E-state index is 0.327. The molecular formula is C12H16FNO. The van der Waals surface area contributed by atoms with Crippen LogP contribution in [0.5, 0.6) is 5.75 Å². The number of rotatable bonds is 4. The van der Waals surface area contributed by atoms with Gasteiger partial charge in [0.15, 0.2) is 11.6 Å². The number of aryl methyl sites for hydroxylation is 1. The fraction of sp³-hybridized carbons (Fsp3) is 0.333. The van der Waals surface area contributed by atoms with Crippen LogP contribution in [0, 0.1) is 12.7 Å². The Morgan fingerprint density at radius 2 is 2.27 bits per heavy atom. The molecule has 0 amide bonds. The largest absolute Gasteiger partial charge is 0.505 e. The Morgan fingerprint density at radius 1 is 1.60 bits per heavy atom.